The molecule has 0 radical (unpaired) electrons. The molecule has 1 aromatic heterocycles. The summed E-state index contributed by atoms with van der Waals surface area (Å²) < 4.78 is 27.1. The highest BCUT2D eigenvalue weighted by atomic mass is 32.2. The van der Waals surface area contributed by atoms with Gasteiger partial charge < -0.3 is 10.6 Å². The normalized spacial score (nSPS) is 10.9. The molecule has 0 aliphatic rings. The molecule has 0 fully saturated rings. The van der Waals surface area contributed by atoms with Gasteiger partial charge in [-0.3, -0.25) is 14.3 Å². The van der Waals surface area contributed by atoms with E-state index in [0.717, 1.165) is 0 Å². The Labute approximate surface area is 172 Å². The second kappa shape index (κ2) is 8.84. The van der Waals surface area contributed by atoms with E-state index in [9.17, 15) is 18.0 Å². The van der Waals surface area contributed by atoms with Crippen LogP contribution in [-0.4, -0.2) is 25.2 Å². The number of nitrogens with one attached hydrogen (secondary N) is 3. The van der Waals surface area contributed by atoms with E-state index in [4.69, 9.17) is 0 Å². The number of hydrogen-bond donors (Lipinski definition) is 3. The molecule has 0 spiro atoms. The lowest BCUT2D eigenvalue weighted by Crippen LogP contribution is -2.15. The number of carbonyl (C=O) groups is 2. The smallest absolute Gasteiger partial charge is 0.263 e. The van der Waals surface area contributed by atoms with Crippen molar-refractivity contribution in [1.82, 2.24) is 4.98 Å². The first-order valence-electron chi connectivity index (χ1n) is 8.61. The van der Waals surface area contributed by atoms with Crippen LogP contribution in [0.25, 0.3) is 0 Å². The second-order valence-electron chi connectivity index (χ2n) is 5.90. The van der Waals surface area contributed by atoms with Crippen molar-refractivity contribution < 1.29 is 18.0 Å². The van der Waals surface area contributed by atoms with Gasteiger partial charge >= 0.3 is 0 Å². The number of hydrogen-bond acceptors (Lipinski definition) is 6. The number of amides is 2. The van der Waals surface area contributed by atoms with E-state index in [0.29, 0.717) is 23.4 Å². The predicted molar refractivity (Wildman–Crippen MR) is 113 cm³/mol. The number of anilines is 3. The van der Waals surface area contributed by atoms with Crippen molar-refractivity contribution in [2.45, 2.75) is 18.2 Å². The first-order valence-corrected chi connectivity index (χ1v) is 11.0. The quantitative estimate of drug-likeness (QED) is 0.530. The summed E-state index contributed by atoms with van der Waals surface area (Å²) in [6.45, 7) is 1.74. The van der Waals surface area contributed by atoms with Gasteiger partial charge in [0.15, 0.2) is 5.13 Å². The Balaban J connectivity index is 1.69. The first kappa shape index (κ1) is 20.5. The van der Waals surface area contributed by atoms with Crippen molar-refractivity contribution >= 4 is 49.7 Å². The molecule has 0 aliphatic heterocycles. The summed E-state index contributed by atoms with van der Waals surface area (Å²) >= 11 is 1.18. The summed E-state index contributed by atoms with van der Waals surface area (Å²) in [4.78, 5) is 27.9. The highest BCUT2D eigenvalue weighted by Gasteiger charge is 2.16. The minimum absolute atomic E-state index is 0.0509. The van der Waals surface area contributed by atoms with E-state index in [-0.39, 0.29) is 21.8 Å². The third kappa shape index (κ3) is 5.39. The van der Waals surface area contributed by atoms with Crippen molar-refractivity contribution in [2.24, 2.45) is 0 Å². The third-order valence-electron chi connectivity index (χ3n) is 3.81. The summed E-state index contributed by atoms with van der Waals surface area (Å²) in [6, 6.07) is 12.3. The molecule has 0 aliphatic carbocycles. The summed E-state index contributed by atoms with van der Waals surface area (Å²) in [6.07, 6.45) is 1.84. The summed E-state index contributed by atoms with van der Waals surface area (Å²) in [5.74, 6) is -0.528. The molecule has 1 heterocycles. The van der Waals surface area contributed by atoms with Gasteiger partial charge in [0.05, 0.1) is 4.90 Å². The van der Waals surface area contributed by atoms with Gasteiger partial charge in [-0.25, -0.2) is 13.4 Å². The highest BCUT2D eigenvalue weighted by Crippen LogP contribution is 2.20. The molecule has 3 N–H and O–H groups in total. The summed E-state index contributed by atoms with van der Waals surface area (Å²) in [5.41, 5.74) is 1.33. The van der Waals surface area contributed by atoms with Gasteiger partial charge in [-0.15, -0.1) is 11.3 Å². The maximum Gasteiger partial charge on any atom is 0.263 e. The second-order valence-corrected chi connectivity index (χ2v) is 8.48. The van der Waals surface area contributed by atoms with Crippen LogP contribution >= 0.6 is 11.3 Å². The zero-order chi connectivity index (χ0) is 20.9. The predicted octanol–water partition coefficient (Wildman–Crippen LogP) is 3.54. The molecule has 0 atom stereocenters. The Bertz CT molecular complexity index is 1110. The van der Waals surface area contributed by atoms with E-state index in [1.165, 1.54) is 41.8 Å². The fraction of sp³-hybridized carbons (Fsp3) is 0.105. The summed E-state index contributed by atoms with van der Waals surface area (Å²) in [5, 5.41) is 7.34. The molecule has 0 saturated carbocycles. The molecule has 3 aromatic rings. The van der Waals surface area contributed by atoms with Crippen LogP contribution in [-0.2, 0) is 14.8 Å². The Morgan fingerprint density at radius 1 is 1.03 bits per heavy atom. The van der Waals surface area contributed by atoms with Crippen molar-refractivity contribution in [3.8, 4) is 0 Å². The van der Waals surface area contributed by atoms with Crippen molar-refractivity contribution in [1.29, 1.82) is 0 Å². The van der Waals surface area contributed by atoms with Crippen LogP contribution in [0.2, 0.25) is 0 Å². The van der Waals surface area contributed by atoms with Crippen molar-refractivity contribution in [3.63, 3.8) is 0 Å². The van der Waals surface area contributed by atoms with Crippen molar-refractivity contribution in [2.75, 3.05) is 15.4 Å². The molecule has 3 rings (SSSR count). The fourth-order valence-electron chi connectivity index (χ4n) is 2.36. The first-order chi connectivity index (χ1) is 13.9. The lowest BCUT2D eigenvalue weighted by molar-refractivity contribution is -0.115. The van der Waals surface area contributed by atoms with Crippen LogP contribution in [0, 0.1) is 0 Å². The van der Waals surface area contributed by atoms with Gasteiger partial charge in [-0.2, -0.15) is 0 Å². The van der Waals surface area contributed by atoms with Gasteiger partial charge in [0.25, 0.3) is 15.9 Å². The molecule has 2 amide bonds. The number of thiazole rings is 1. The maximum absolute atomic E-state index is 12.5. The van der Waals surface area contributed by atoms with E-state index in [2.05, 4.69) is 20.3 Å². The monoisotopic (exact) mass is 430 g/mol. The average molecular weight is 431 g/mol. The van der Waals surface area contributed by atoms with Crippen LogP contribution in [0.5, 0.6) is 0 Å². The molecule has 150 valence electrons. The Morgan fingerprint density at radius 3 is 2.45 bits per heavy atom. The van der Waals surface area contributed by atoms with Gasteiger partial charge in [-0.05, 0) is 42.5 Å². The molecular formula is C19H18N4O4S2. The van der Waals surface area contributed by atoms with E-state index >= 15 is 0 Å². The number of sulfonamides is 1. The molecule has 8 nitrogen and oxygen atoms in total. The largest absolute Gasteiger partial charge is 0.326 e. The lowest BCUT2D eigenvalue weighted by Gasteiger charge is -2.09. The average Bonchev–Trinajstić information content (AvgIpc) is 3.20. The Kier molecular flexibility index (Phi) is 6.25. The molecule has 2 aromatic carbocycles. The van der Waals surface area contributed by atoms with Crippen LogP contribution in [0.1, 0.15) is 23.7 Å². The van der Waals surface area contributed by atoms with Gasteiger partial charge in [-0.1, -0.05) is 13.0 Å². The van der Waals surface area contributed by atoms with Gasteiger partial charge in [0.1, 0.15) is 0 Å². The number of benzene rings is 2. The van der Waals surface area contributed by atoms with Crippen molar-refractivity contribution in [3.05, 3.63) is 65.7 Å². The van der Waals surface area contributed by atoms with Crippen LogP contribution in [0.4, 0.5) is 16.5 Å². The molecule has 0 saturated heterocycles. The molecule has 0 bridgehead atoms. The number of rotatable bonds is 7. The minimum Gasteiger partial charge on any atom is -0.326 e. The van der Waals surface area contributed by atoms with Gasteiger partial charge in [0.2, 0.25) is 5.91 Å². The summed E-state index contributed by atoms with van der Waals surface area (Å²) in [7, 11) is -3.76. The topological polar surface area (TPSA) is 117 Å². The van der Waals surface area contributed by atoms with Crippen LogP contribution in [0.3, 0.4) is 0 Å². The SMILES string of the molecule is CCC(=O)Nc1cccc(C(=O)Nc2ccc(S(=O)(=O)Nc3nccs3)cc2)c1. The number of nitrogens with zero attached hydrogens (tertiary/aromatic N) is 1. The lowest BCUT2D eigenvalue weighted by atomic mass is 10.1. The third-order valence-corrected chi connectivity index (χ3v) is 5.98. The highest BCUT2D eigenvalue weighted by molar-refractivity contribution is 7.93. The zero-order valence-corrected chi connectivity index (χ0v) is 17.0. The molecular weight excluding hydrogens is 412 g/mol. The van der Waals surface area contributed by atoms with E-state index < -0.39 is 10.0 Å². The molecule has 0 unspecified atom stereocenters. The fourth-order valence-corrected chi connectivity index (χ4v) is 4.14. The number of aromatic nitrogens is 1. The van der Waals surface area contributed by atoms with E-state index in [1.54, 1.807) is 36.6 Å². The van der Waals surface area contributed by atoms with Gasteiger partial charge in [0, 0.05) is 34.9 Å². The van der Waals surface area contributed by atoms with Crippen LogP contribution < -0.4 is 15.4 Å². The number of carbonyl (C=O) groups excluding carboxylic acids is 2. The molecule has 29 heavy (non-hydrogen) atoms. The Hall–Kier alpha value is -3.24. The molecule has 10 heteroatoms. The minimum atomic E-state index is -3.76. The zero-order valence-electron chi connectivity index (χ0n) is 15.4. The van der Waals surface area contributed by atoms with Crippen LogP contribution in [0.15, 0.2) is 65.0 Å². The van der Waals surface area contributed by atoms with E-state index in [1.807, 2.05) is 0 Å². The Morgan fingerprint density at radius 2 is 1.79 bits per heavy atom. The standard InChI is InChI=1S/C19H18N4O4S2/c1-2-17(24)21-15-5-3-4-13(12-15)18(25)22-14-6-8-16(9-7-14)29(26,27)23-19-20-10-11-28-19/h3-12H,2H2,1H3,(H,20,23)(H,21,24)(H,22,25). The maximum atomic E-state index is 12.5.